The van der Waals surface area contributed by atoms with Gasteiger partial charge in [-0.25, -0.2) is 0 Å². The molecule has 2 atom stereocenters. The standard InChI is InChI=1S/C55H109NO3/c1-3-5-7-9-11-13-15-17-19-21-22-23-24-25-26-27-28-29-30-31-32-33-35-37-39-41-43-45-47-49-51-55(59)56-53(52-57)54(58)50-48-46-44-42-40-38-36-34-20-18-16-14-12-10-8-6-4-2/h48,50,53-54,57-58H,3-47,49,51-52H2,1-2H3,(H,56,59)/b50-48+/t53-,54+/m0/s1. The number of carbonyl (C=O) groups is 1. The Kier molecular flexibility index (Phi) is 50.7. The largest absolute Gasteiger partial charge is 0.394 e. The lowest BCUT2D eigenvalue weighted by Gasteiger charge is -2.20. The minimum atomic E-state index is -0.835. The molecule has 0 saturated heterocycles. The summed E-state index contributed by atoms with van der Waals surface area (Å²) in [4.78, 5) is 12.4. The summed E-state index contributed by atoms with van der Waals surface area (Å²) in [5.74, 6) is -0.0564. The molecule has 0 radical (unpaired) electrons. The van der Waals surface area contributed by atoms with Crippen molar-refractivity contribution in [2.75, 3.05) is 6.61 Å². The van der Waals surface area contributed by atoms with Crippen molar-refractivity contribution in [2.24, 2.45) is 0 Å². The van der Waals surface area contributed by atoms with Crippen molar-refractivity contribution >= 4 is 5.91 Å². The molecule has 0 heterocycles. The summed E-state index contributed by atoms with van der Waals surface area (Å²) < 4.78 is 0. The highest BCUT2D eigenvalue weighted by atomic mass is 16.3. The lowest BCUT2D eigenvalue weighted by atomic mass is 10.0. The van der Waals surface area contributed by atoms with Crippen molar-refractivity contribution < 1.29 is 15.0 Å². The summed E-state index contributed by atoms with van der Waals surface area (Å²) in [5, 5.41) is 23.1. The van der Waals surface area contributed by atoms with Gasteiger partial charge in [0.25, 0.3) is 0 Å². The lowest BCUT2D eigenvalue weighted by molar-refractivity contribution is -0.123. The van der Waals surface area contributed by atoms with Crippen molar-refractivity contribution in [1.29, 1.82) is 0 Å². The Balaban J connectivity index is 3.42. The van der Waals surface area contributed by atoms with E-state index in [-0.39, 0.29) is 12.5 Å². The van der Waals surface area contributed by atoms with Gasteiger partial charge in [0.05, 0.1) is 18.8 Å². The predicted molar refractivity (Wildman–Crippen MR) is 263 cm³/mol. The zero-order valence-corrected chi connectivity index (χ0v) is 40.6. The second-order valence-electron chi connectivity index (χ2n) is 19.0. The van der Waals surface area contributed by atoms with E-state index in [1.165, 1.54) is 270 Å². The quantitative estimate of drug-likeness (QED) is 0.0422. The number of aliphatic hydroxyl groups is 2. The van der Waals surface area contributed by atoms with E-state index in [2.05, 4.69) is 19.2 Å². The van der Waals surface area contributed by atoms with E-state index in [0.29, 0.717) is 6.42 Å². The van der Waals surface area contributed by atoms with E-state index in [1.807, 2.05) is 6.08 Å². The summed E-state index contributed by atoms with van der Waals surface area (Å²) in [6, 6.07) is -0.617. The molecule has 1 amide bonds. The Morgan fingerprint density at radius 2 is 0.627 bits per heavy atom. The van der Waals surface area contributed by atoms with Gasteiger partial charge in [0.1, 0.15) is 0 Å². The van der Waals surface area contributed by atoms with Gasteiger partial charge in [-0.15, -0.1) is 0 Å². The van der Waals surface area contributed by atoms with Crippen LogP contribution in [0.3, 0.4) is 0 Å². The molecule has 0 saturated carbocycles. The average molecular weight is 832 g/mol. The van der Waals surface area contributed by atoms with Crippen LogP contribution in [0.5, 0.6) is 0 Å². The normalized spacial score (nSPS) is 12.8. The average Bonchev–Trinajstić information content (AvgIpc) is 3.24. The maximum Gasteiger partial charge on any atom is 0.220 e. The topological polar surface area (TPSA) is 69.6 Å². The third-order valence-corrected chi connectivity index (χ3v) is 13.0. The fourth-order valence-electron chi connectivity index (χ4n) is 8.83. The van der Waals surface area contributed by atoms with Crippen LogP contribution in [0.2, 0.25) is 0 Å². The summed E-state index contributed by atoms with van der Waals surface area (Å²) in [6.07, 6.45) is 66.6. The first kappa shape index (κ1) is 58.1. The Morgan fingerprint density at radius 1 is 0.390 bits per heavy atom. The highest BCUT2D eigenvalue weighted by molar-refractivity contribution is 5.76. The fraction of sp³-hybridized carbons (Fsp3) is 0.945. The SMILES string of the molecule is CCCCCCCCCCCCCCCCC/C=C/[C@@H](O)[C@H](CO)NC(=O)CCCCCCCCCCCCCCCCCCCCCCCCCCCCCCCC. The van der Waals surface area contributed by atoms with Crippen molar-refractivity contribution in [3.63, 3.8) is 0 Å². The molecular weight excluding hydrogens is 723 g/mol. The molecule has 3 N–H and O–H groups in total. The Hall–Kier alpha value is -0.870. The van der Waals surface area contributed by atoms with Crippen molar-refractivity contribution in [1.82, 2.24) is 5.32 Å². The van der Waals surface area contributed by atoms with Gasteiger partial charge in [0, 0.05) is 6.42 Å². The molecule has 0 aliphatic rings. The van der Waals surface area contributed by atoms with Crippen LogP contribution >= 0.6 is 0 Å². The molecule has 0 aromatic heterocycles. The van der Waals surface area contributed by atoms with Crippen LogP contribution in [-0.4, -0.2) is 34.9 Å². The minimum Gasteiger partial charge on any atom is -0.394 e. The van der Waals surface area contributed by atoms with Crippen molar-refractivity contribution in [3.05, 3.63) is 12.2 Å². The summed E-state index contributed by atoms with van der Waals surface area (Å²) in [6.45, 7) is 4.35. The molecule has 4 nitrogen and oxygen atoms in total. The molecule has 0 aromatic carbocycles. The van der Waals surface area contributed by atoms with E-state index in [9.17, 15) is 15.0 Å². The molecule has 0 aromatic rings. The monoisotopic (exact) mass is 832 g/mol. The molecule has 0 bridgehead atoms. The third kappa shape index (κ3) is 48.0. The van der Waals surface area contributed by atoms with E-state index < -0.39 is 12.1 Å². The summed E-state index contributed by atoms with van der Waals surface area (Å²) >= 11 is 0. The first-order valence-corrected chi connectivity index (χ1v) is 27.4. The van der Waals surface area contributed by atoms with Crippen molar-refractivity contribution in [3.8, 4) is 0 Å². The van der Waals surface area contributed by atoms with Gasteiger partial charge < -0.3 is 15.5 Å². The number of nitrogens with one attached hydrogen (secondary N) is 1. The maximum atomic E-state index is 12.4. The van der Waals surface area contributed by atoms with Crippen LogP contribution in [0.25, 0.3) is 0 Å². The number of carbonyl (C=O) groups excluding carboxylic acids is 1. The molecule has 0 unspecified atom stereocenters. The number of amides is 1. The van der Waals surface area contributed by atoms with Gasteiger partial charge in [-0.05, 0) is 19.3 Å². The Morgan fingerprint density at radius 3 is 0.881 bits per heavy atom. The predicted octanol–water partition coefficient (Wildman–Crippen LogP) is 17.8. The number of aliphatic hydroxyl groups excluding tert-OH is 2. The first-order valence-electron chi connectivity index (χ1n) is 27.4. The zero-order valence-electron chi connectivity index (χ0n) is 40.6. The second kappa shape index (κ2) is 51.5. The first-order chi connectivity index (χ1) is 29.2. The summed E-state index contributed by atoms with van der Waals surface area (Å²) in [5.41, 5.74) is 0. The van der Waals surface area contributed by atoms with Gasteiger partial charge in [-0.3, -0.25) is 4.79 Å². The molecule has 0 aliphatic carbocycles. The second-order valence-corrected chi connectivity index (χ2v) is 19.0. The van der Waals surface area contributed by atoms with E-state index in [4.69, 9.17) is 0 Å². The van der Waals surface area contributed by atoms with Crippen LogP contribution in [0.1, 0.15) is 316 Å². The third-order valence-electron chi connectivity index (χ3n) is 13.0. The smallest absolute Gasteiger partial charge is 0.220 e. The van der Waals surface area contributed by atoms with Gasteiger partial charge in [0.15, 0.2) is 0 Å². The molecule has 4 heteroatoms. The Labute approximate surface area is 371 Å². The number of hydrogen-bond acceptors (Lipinski definition) is 3. The van der Waals surface area contributed by atoms with Gasteiger partial charge in [-0.1, -0.05) is 302 Å². The number of rotatable bonds is 51. The van der Waals surface area contributed by atoms with Gasteiger partial charge in [0.2, 0.25) is 5.91 Å². The number of hydrogen-bond donors (Lipinski definition) is 3. The van der Waals surface area contributed by atoms with Crippen LogP contribution in [0.15, 0.2) is 12.2 Å². The molecule has 59 heavy (non-hydrogen) atoms. The molecule has 0 fully saturated rings. The van der Waals surface area contributed by atoms with Crippen LogP contribution in [0.4, 0.5) is 0 Å². The summed E-state index contributed by atoms with van der Waals surface area (Å²) in [7, 11) is 0. The van der Waals surface area contributed by atoms with E-state index in [1.54, 1.807) is 6.08 Å². The highest BCUT2D eigenvalue weighted by Crippen LogP contribution is 2.18. The van der Waals surface area contributed by atoms with E-state index >= 15 is 0 Å². The maximum absolute atomic E-state index is 12.4. The lowest BCUT2D eigenvalue weighted by Crippen LogP contribution is -2.45. The minimum absolute atomic E-state index is 0.0564. The van der Waals surface area contributed by atoms with E-state index in [0.717, 1.165) is 25.7 Å². The van der Waals surface area contributed by atoms with Crippen LogP contribution < -0.4 is 5.32 Å². The number of allylic oxidation sites excluding steroid dienone is 1. The molecule has 352 valence electrons. The van der Waals surface area contributed by atoms with Crippen LogP contribution in [0, 0.1) is 0 Å². The number of unbranched alkanes of at least 4 members (excludes halogenated alkanes) is 44. The molecule has 0 spiro atoms. The Bertz CT molecular complexity index is 814. The van der Waals surface area contributed by atoms with Gasteiger partial charge in [-0.2, -0.15) is 0 Å². The highest BCUT2D eigenvalue weighted by Gasteiger charge is 2.18. The molecule has 0 aliphatic heterocycles. The fourth-order valence-corrected chi connectivity index (χ4v) is 8.83. The molecule has 0 rings (SSSR count). The van der Waals surface area contributed by atoms with Gasteiger partial charge >= 0.3 is 0 Å². The van der Waals surface area contributed by atoms with Crippen LogP contribution in [-0.2, 0) is 4.79 Å². The molecular formula is C55H109NO3. The van der Waals surface area contributed by atoms with Crippen molar-refractivity contribution in [2.45, 2.75) is 328 Å². The zero-order chi connectivity index (χ0) is 42.8.